The predicted molar refractivity (Wildman–Crippen MR) is 130 cm³/mol. The first kappa shape index (κ1) is 19.6. The van der Waals surface area contributed by atoms with Gasteiger partial charge in [-0.25, -0.2) is 0 Å². The third-order valence-electron chi connectivity index (χ3n) is 5.46. The van der Waals surface area contributed by atoms with Crippen molar-refractivity contribution in [3.63, 3.8) is 0 Å². The number of carbonyl (C=O) groups excluding carboxylic acids is 1. The van der Waals surface area contributed by atoms with E-state index in [0.717, 1.165) is 38.9 Å². The lowest BCUT2D eigenvalue weighted by atomic mass is 9.93. The van der Waals surface area contributed by atoms with Crippen molar-refractivity contribution in [3.05, 3.63) is 115 Å². The number of rotatable bonds is 4. The molecule has 0 saturated carbocycles. The molecule has 0 aliphatic heterocycles. The molecule has 0 unspecified atom stereocenters. The van der Waals surface area contributed by atoms with E-state index in [1.165, 1.54) is 0 Å². The summed E-state index contributed by atoms with van der Waals surface area (Å²) < 4.78 is 0. The van der Waals surface area contributed by atoms with Crippen LogP contribution >= 0.6 is 0 Å². The van der Waals surface area contributed by atoms with Gasteiger partial charge in [-0.2, -0.15) is 0 Å². The number of amides is 1. The quantitative estimate of drug-likeness (QED) is 0.363. The normalized spacial score (nSPS) is 10.8. The number of nitrogens with zero attached hydrogens (tertiary/aromatic N) is 2. The fourth-order valence-electron chi connectivity index (χ4n) is 3.88. The largest absolute Gasteiger partial charge is 0.320 e. The van der Waals surface area contributed by atoms with Gasteiger partial charge in [0.2, 0.25) is 0 Å². The smallest absolute Gasteiger partial charge is 0.256 e. The van der Waals surface area contributed by atoms with Crippen molar-refractivity contribution in [3.8, 4) is 22.4 Å². The molecule has 0 aliphatic rings. The van der Waals surface area contributed by atoms with Gasteiger partial charge in [-0.1, -0.05) is 66.7 Å². The van der Waals surface area contributed by atoms with Gasteiger partial charge in [0.1, 0.15) is 0 Å². The first-order valence-electron chi connectivity index (χ1n) is 10.5. The van der Waals surface area contributed by atoms with Crippen LogP contribution in [0.3, 0.4) is 0 Å². The molecule has 5 rings (SSSR count). The highest BCUT2D eigenvalue weighted by Gasteiger charge is 2.17. The molecule has 3 aromatic carbocycles. The van der Waals surface area contributed by atoms with Gasteiger partial charge in [0.05, 0.1) is 16.9 Å². The summed E-state index contributed by atoms with van der Waals surface area (Å²) in [5.41, 5.74) is 6.84. The van der Waals surface area contributed by atoms with Gasteiger partial charge in [-0.05, 0) is 47.9 Å². The van der Waals surface area contributed by atoms with Gasteiger partial charge in [0.25, 0.3) is 5.91 Å². The van der Waals surface area contributed by atoms with Crippen LogP contribution in [0.15, 0.2) is 103 Å². The first-order valence-corrected chi connectivity index (χ1v) is 10.5. The van der Waals surface area contributed by atoms with Crippen LogP contribution < -0.4 is 5.32 Å². The maximum atomic E-state index is 13.4. The van der Waals surface area contributed by atoms with Gasteiger partial charge >= 0.3 is 0 Å². The van der Waals surface area contributed by atoms with E-state index < -0.39 is 0 Å². The SMILES string of the molecule is Cc1ccc(-c2ccccc2-c2ccccc2C(=O)Nc2cccc3cccnc23)nc1. The van der Waals surface area contributed by atoms with E-state index in [0.29, 0.717) is 11.3 Å². The summed E-state index contributed by atoms with van der Waals surface area (Å²) in [6, 6.07) is 29.4. The molecule has 154 valence electrons. The third kappa shape index (κ3) is 3.74. The Kier molecular flexibility index (Phi) is 5.18. The average molecular weight is 415 g/mol. The minimum Gasteiger partial charge on any atom is -0.320 e. The molecule has 0 spiro atoms. The van der Waals surface area contributed by atoms with Crippen LogP contribution in [0.5, 0.6) is 0 Å². The minimum absolute atomic E-state index is 0.176. The second kappa shape index (κ2) is 8.44. The molecule has 32 heavy (non-hydrogen) atoms. The van der Waals surface area contributed by atoms with Crippen molar-refractivity contribution in [2.75, 3.05) is 5.32 Å². The van der Waals surface area contributed by atoms with Crippen LogP contribution in [0.2, 0.25) is 0 Å². The molecular formula is C28H21N3O. The summed E-state index contributed by atoms with van der Waals surface area (Å²) in [5.74, 6) is -0.176. The fourth-order valence-corrected chi connectivity index (χ4v) is 3.88. The summed E-state index contributed by atoms with van der Waals surface area (Å²) in [4.78, 5) is 22.4. The van der Waals surface area contributed by atoms with Crippen molar-refractivity contribution in [2.24, 2.45) is 0 Å². The summed E-state index contributed by atoms with van der Waals surface area (Å²) in [6.45, 7) is 2.02. The van der Waals surface area contributed by atoms with E-state index >= 15 is 0 Å². The van der Waals surface area contributed by atoms with E-state index in [4.69, 9.17) is 0 Å². The number of aromatic nitrogens is 2. The van der Waals surface area contributed by atoms with Crippen LogP contribution in [-0.4, -0.2) is 15.9 Å². The Labute approximate surface area is 186 Å². The monoisotopic (exact) mass is 415 g/mol. The second-order valence-electron chi connectivity index (χ2n) is 7.65. The zero-order valence-corrected chi connectivity index (χ0v) is 17.6. The van der Waals surface area contributed by atoms with E-state index in [2.05, 4.69) is 15.3 Å². The topological polar surface area (TPSA) is 54.9 Å². The number of pyridine rings is 2. The molecule has 1 amide bonds. The Bertz CT molecular complexity index is 1420. The molecule has 0 atom stereocenters. The lowest BCUT2D eigenvalue weighted by Crippen LogP contribution is -2.13. The number of hydrogen-bond donors (Lipinski definition) is 1. The maximum absolute atomic E-state index is 13.4. The zero-order valence-electron chi connectivity index (χ0n) is 17.6. The van der Waals surface area contributed by atoms with Gasteiger partial charge in [0, 0.05) is 28.9 Å². The van der Waals surface area contributed by atoms with Crippen molar-refractivity contribution < 1.29 is 4.79 Å². The number of hydrogen-bond acceptors (Lipinski definition) is 3. The number of aryl methyl sites for hydroxylation is 1. The summed E-state index contributed by atoms with van der Waals surface area (Å²) in [6.07, 6.45) is 3.59. The Morgan fingerprint density at radius 3 is 2.28 bits per heavy atom. The van der Waals surface area contributed by atoms with Crippen LogP contribution in [0.25, 0.3) is 33.3 Å². The van der Waals surface area contributed by atoms with Crippen molar-refractivity contribution in [1.82, 2.24) is 9.97 Å². The van der Waals surface area contributed by atoms with E-state index in [1.54, 1.807) is 6.20 Å². The highest BCUT2D eigenvalue weighted by atomic mass is 16.1. The molecule has 0 fully saturated rings. The van der Waals surface area contributed by atoms with Gasteiger partial charge < -0.3 is 5.32 Å². The summed E-state index contributed by atoms with van der Waals surface area (Å²) in [5, 5.41) is 4.04. The van der Waals surface area contributed by atoms with Crippen molar-refractivity contribution in [1.29, 1.82) is 0 Å². The molecule has 2 aromatic heterocycles. The number of nitrogens with one attached hydrogen (secondary N) is 1. The molecule has 5 aromatic rings. The van der Waals surface area contributed by atoms with Crippen molar-refractivity contribution in [2.45, 2.75) is 6.92 Å². The highest BCUT2D eigenvalue weighted by molar-refractivity contribution is 6.12. The van der Waals surface area contributed by atoms with Crippen LogP contribution in [-0.2, 0) is 0 Å². The molecule has 4 nitrogen and oxygen atoms in total. The Hall–Kier alpha value is -4.31. The molecule has 0 radical (unpaired) electrons. The minimum atomic E-state index is -0.176. The van der Waals surface area contributed by atoms with Crippen molar-refractivity contribution >= 4 is 22.5 Å². The standard InChI is InChI=1S/C28H21N3O/c1-19-15-16-25(30-18-19)23-12-4-2-10-21(23)22-11-3-5-13-24(22)28(32)31-26-14-6-8-20-9-7-17-29-27(20)26/h2-18H,1H3,(H,31,32). The third-order valence-corrected chi connectivity index (χ3v) is 5.46. The zero-order chi connectivity index (χ0) is 21.9. The van der Waals surface area contributed by atoms with Gasteiger partial charge in [-0.15, -0.1) is 0 Å². The maximum Gasteiger partial charge on any atom is 0.256 e. The number of fused-ring (bicyclic) bond motifs is 1. The van der Waals surface area contributed by atoms with Crippen LogP contribution in [0.4, 0.5) is 5.69 Å². The van der Waals surface area contributed by atoms with E-state index in [1.807, 2.05) is 104 Å². The number of carbonyl (C=O) groups is 1. The van der Waals surface area contributed by atoms with Crippen LogP contribution in [0, 0.1) is 6.92 Å². The highest BCUT2D eigenvalue weighted by Crippen LogP contribution is 2.33. The number of anilines is 1. The average Bonchev–Trinajstić information content (AvgIpc) is 2.85. The Balaban J connectivity index is 1.57. The Morgan fingerprint density at radius 2 is 1.47 bits per heavy atom. The molecule has 0 saturated heterocycles. The lowest BCUT2D eigenvalue weighted by Gasteiger charge is -2.14. The van der Waals surface area contributed by atoms with Gasteiger partial charge in [0.15, 0.2) is 0 Å². The van der Waals surface area contributed by atoms with Crippen LogP contribution in [0.1, 0.15) is 15.9 Å². The predicted octanol–water partition coefficient (Wildman–Crippen LogP) is 6.52. The number of para-hydroxylation sites is 1. The summed E-state index contributed by atoms with van der Waals surface area (Å²) >= 11 is 0. The molecule has 1 N–H and O–H groups in total. The summed E-state index contributed by atoms with van der Waals surface area (Å²) in [7, 11) is 0. The van der Waals surface area contributed by atoms with E-state index in [9.17, 15) is 4.79 Å². The lowest BCUT2D eigenvalue weighted by molar-refractivity contribution is 0.102. The molecule has 0 aliphatic carbocycles. The number of benzene rings is 3. The molecular weight excluding hydrogens is 394 g/mol. The molecule has 0 bridgehead atoms. The molecule has 4 heteroatoms. The molecule has 2 heterocycles. The first-order chi connectivity index (χ1) is 15.7. The van der Waals surface area contributed by atoms with E-state index in [-0.39, 0.29) is 5.91 Å². The fraction of sp³-hybridized carbons (Fsp3) is 0.0357. The second-order valence-corrected chi connectivity index (χ2v) is 7.65. The van der Waals surface area contributed by atoms with Gasteiger partial charge in [-0.3, -0.25) is 14.8 Å². The Morgan fingerprint density at radius 1 is 0.719 bits per heavy atom.